The van der Waals surface area contributed by atoms with E-state index >= 15 is 0 Å². The SMILES string of the molecule is Nc1cccc2ccc[nH+]c12.O=C([O-])c1cc(Cl)c(Cl)cc1C(=O)O. The minimum absolute atomic E-state index is 0.0194. The van der Waals surface area contributed by atoms with Crippen molar-refractivity contribution < 1.29 is 24.8 Å². The van der Waals surface area contributed by atoms with Crippen LogP contribution < -0.4 is 15.8 Å². The molecule has 8 heteroatoms. The molecule has 0 radical (unpaired) electrons. The molecule has 0 unspecified atom stereocenters. The first-order valence-corrected chi connectivity index (χ1v) is 7.65. The van der Waals surface area contributed by atoms with Crippen LogP contribution in [0.3, 0.4) is 0 Å². The van der Waals surface area contributed by atoms with E-state index in [2.05, 4.69) is 4.98 Å². The number of hydrogen-bond donors (Lipinski definition) is 2. The minimum atomic E-state index is -1.61. The first-order chi connectivity index (χ1) is 11.8. The van der Waals surface area contributed by atoms with Crippen molar-refractivity contribution in [3.05, 3.63) is 69.8 Å². The van der Waals surface area contributed by atoms with E-state index in [1.807, 2.05) is 36.5 Å². The summed E-state index contributed by atoms with van der Waals surface area (Å²) in [5, 5.41) is 20.2. The number of anilines is 1. The zero-order valence-corrected chi connectivity index (χ0v) is 14.1. The maximum atomic E-state index is 10.6. The van der Waals surface area contributed by atoms with Gasteiger partial charge in [-0.3, -0.25) is 0 Å². The van der Waals surface area contributed by atoms with Crippen molar-refractivity contribution >= 4 is 51.7 Å². The van der Waals surface area contributed by atoms with Gasteiger partial charge in [-0.05, 0) is 30.3 Å². The Morgan fingerprint density at radius 1 is 1.04 bits per heavy atom. The summed E-state index contributed by atoms with van der Waals surface area (Å²) in [6.45, 7) is 0. The molecule has 25 heavy (non-hydrogen) atoms. The van der Waals surface area contributed by atoms with Gasteiger partial charge in [0, 0.05) is 17.0 Å². The van der Waals surface area contributed by atoms with Crippen molar-refractivity contribution in [1.29, 1.82) is 0 Å². The molecular formula is C17H12Cl2N2O4. The molecule has 1 heterocycles. The third kappa shape index (κ3) is 4.37. The number of halogens is 2. The maximum Gasteiger partial charge on any atom is 0.336 e. The van der Waals surface area contributed by atoms with Gasteiger partial charge < -0.3 is 20.7 Å². The van der Waals surface area contributed by atoms with Crippen LogP contribution in [-0.4, -0.2) is 17.0 Å². The number of fused-ring (bicyclic) bond motifs is 1. The number of carboxylic acid groups (broad SMARTS) is 2. The number of rotatable bonds is 2. The molecule has 1 aromatic heterocycles. The van der Waals surface area contributed by atoms with Crippen LogP contribution in [0.2, 0.25) is 10.0 Å². The van der Waals surface area contributed by atoms with E-state index in [9.17, 15) is 14.7 Å². The largest absolute Gasteiger partial charge is 0.545 e. The average Bonchev–Trinajstić information content (AvgIpc) is 2.57. The summed E-state index contributed by atoms with van der Waals surface area (Å²) in [6.07, 6.45) is 1.87. The Hall–Kier alpha value is -2.83. The normalized spacial score (nSPS) is 10.0. The number of nitrogens with one attached hydrogen (secondary N) is 1. The summed E-state index contributed by atoms with van der Waals surface area (Å²) in [7, 11) is 0. The number of aromatic nitrogens is 1. The van der Waals surface area contributed by atoms with Crippen molar-refractivity contribution in [2.24, 2.45) is 0 Å². The van der Waals surface area contributed by atoms with Gasteiger partial charge in [-0.25, -0.2) is 9.78 Å². The monoisotopic (exact) mass is 378 g/mol. The molecule has 3 rings (SSSR count). The summed E-state index contributed by atoms with van der Waals surface area (Å²) in [4.78, 5) is 24.2. The standard InChI is InChI=1S/C9H8N2.C8H4Cl2O4/c10-8-5-1-3-7-4-2-6-11-9(7)8;9-5-1-3(7(11)12)4(8(13)14)2-6(5)10/h1-6H,10H2;1-2H,(H,11,12)(H,13,14). The molecule has 0 aliphatic rings. The van der Waals surface area contributed by atoms with E-state index in [-0.39, 0.29) is 10.0 Å². The van der Waals surface area contributed by atoms with Crippen LogP contribution in [0.1, 0.15) is 20.7 Å². The van der Waals surface area contributed by atoms with Crippen LogP contribution in [0.15, 0.2) is 48.7 Å². The Kier molecular flexibility index (Phi) is 5.80. The predicted octanol–water partition coefficient (Wildman–Crippen LogP) is 2.29. The fourth-order valence-electron chi connectivity index (χ4n) is 2.07. The molecule has 0 aliphatic carbocycles. The Labute approximate surface area is 152 Å². The molecule has 0 saturated heterocycles. The predicted molar refractivity (Wildman–Crippen MR) is 92.7 cm³/mol. The summed E-state index contributed by atoms with van der Waals surface area (Å²) in [5.41, 5.74) is 6.59. The van der Waals surface area contributed by atoms with Gasteiger partial charge in [-0.15, -0.1) is 0 Å². The summed E-state index contributed by atoms with van der Waals surface area (Å²) in [6, 6.07) is 11.8. The number of carbonyl (C=O) groups excluding carboxylic acids is 1. The van der Waals surface area contributed by atoms with Gasteiger partial charge in [-0.2, -0.15) is 0 Å². The quantitative estimate of drug-likeness (QED) is 0.663. The van der Waals surface area contributed by atoms with E-state index in [1.165, 1.54) is 0 Å². The first-order valence-electron chi connectivity index (χ1n) is 6.90. The number of carboxylic acids is 2. The Morgan fingerprint density at radius 3 is 2.20 bits per heavy atom. The molecule has 0 fully saturated rings. The Balaban J connectivity index is 0.000000185. The molecule has 0 bridgehead atoms. The van der Waals surface area contributed by atoms with E-state index in [0.29, 0.717) is 0 Å². The highest BCUT2D eigenvalue weighted by atomic mass is 35.5. The zero-order chi connectivity index (χ0) is 18.6. The third-order valence-corrected chi connectivity index (χ3v) is 3.96. The second-order valence-electron chi connectivity index (χ2n) is 4.89. The lowest BCUT2D eigenvalue weighted by Gasteiger charge is -2.08. The van der Waals surface area contributed by atoms with Gasteiger partial charge in [0.25, 0.3) is 0 Å². The molecule has 4 N–H and O–H groups in total. The average molecular weight is 379 g/mol. The topological polar surface area (TPSA) is 118 Å². The molecule has 0 amide bonds. The fourth-order valence-corrected chi connectivity index (χ4v) is 2.40. The van der Waals surface area contributed by atoms with Gasteiger partial charge in [0.05, 0.1) is 21.6 Å². The van der Waals surface area contributed by atoms with E-state index in [4.69, 9.17) is 34.0 Å². The van der Waals surface area contributed by atoms with Crippen LogP contribution >= 0.6 is 23.2 Å². The Morgan fingerprint density at radius 2 is 1.64 bits per heavy atom. The van der Waals surface area contributed by atoms with E-state index in [0.717, 1.165) is 28.7 Å². The smallest absolute Gasteiger partial charge is 0.336 e. The fraction of sp³-hybridized carbons (Fsp3) is 0. The number of aromatic carboxylic acids is 2. The second-order valence-corrected chi connectivity index (χ2v) is 5.70. The lowest BCUT2D eigenvalue weighted by Crippen LogP contribution is -2.25. The number of H-pyrrole nitrogens is 1. The van der Waals surface area contributed by atoms with Crippen molar-refractivity contribution in [2.75, 3.05) is 5.73 Å². The summed E-state index contributed by atoms with van der Waals surface area (Å²) >= 11 is 11.0. The number of para-hydroxylation sites is 1. The van der Waals surface area contributed by atoms with Crippen molar-refractivity contribution in [1.82, 2.24) is 0 Å². The molecule has 2 aromatic carbocycles. The number of pyridine rings is 1. The number of hydrogen-bond acceptors (Lipinski definition) is 4. The molecule has 0 saturated carbocycles. The van der Waals surface area contributed by atoms with E-state index in [1.54, 1.807) is 0 Å². The van der Waals surface area contributed by atoms with Crippen molar-refractivity contribution in [3.63, 3.8) is 0 Å². The molecule has 128 valence electrons. The third-order valence-electron chi connectivity index (χ3n) is 3.24. The van der Waals surface area contributed by atoms with Crippen LogP contribution in [-0.2, 0) is 0 Å². The summed E-state index contributed by atoms with van der Waals surface area (Å²) < 4.78 is 0. The number of nitrogen functional groups attached to an aromatic ring is 1. The lowest BCUT2D eigenvalue weighted by atomic mass is 10.1. The van der Waals surface area contributed by atoms with Gasteiger partial charge >= 0.3 is 5.97 Å². The first kappa shape index (κ1) is 18.5. The van der Waals surface area contributed by atoms with Crippen LogP contribution in [0.25, 0.3) is 10.9 Å². The highest BCUT2D eigenvalue weighted by Gasteiger charge is 2.13. The molecule has 0 spiro atoms. The van der Waals surface area contributed by atoms with Crippen molar-refractivity contribution in [3.8, 4) is 0 Å². The summed E-state index contributed by atoms with van der Waals surface area (Å²) in [5.74, 6) is -3.01. The highest BCUT2D eigenvalue weighted by Crippen LogP contribution is 2.25. The van der Waals surface area contributed by atoms with Gasteiger partial charge in [-0.1, -0.05) is 29.3 Å². The van der Waals surface area contributed by atoms with Crippen molar-refractivity contribution in [2.45, 2.75) is 0 Å². The molecular weight excluding hydrogens is 367 g/mol. The number of carbonyl (C=O) groups is 2. The highest BCUT2D eigenvalue weighted by molar-refractivity contribution is 6.42. The van der Waals surface area contributed by atoms with Crippen LogP contribution in [0.5, 0.6) is 0 Å². The Bertz CT molecular complexity index is 916. The molecule has 6 nitrogen and oxygen atoms in total. The zero-order valence-electron chi connectivity index (χ0n) is 12.6. The number of nitrogens with two attached hydrogens (primary N) is 1. The van der Waals surface area contributed by atoms with Gasteiger partial charge in [0.1, 0.15) is 5.69 Å². The van der Waals surface area contributed by atoms with Gasteiger partial charge in [0.2, 0.25) is 5.52 Å². The maximum absolute atomic E-state index is 10.6. The molecule has 3 aromatic rings. The van der Waals surface area contributed by atoms with E-state index < -0.39 is 23.1 Å². The number of aromatic amines is 1. The second kappa shape index (κ2) is 7.83. The lowest BCUT2D eigenvalue weighted by molar-refractivity contribution is -0.344. The van der Waals surface area contributed by atoms with Crippen LogP contribution in [0.4, 0.5) is 5.69 Å². The molecule has 0 aliphatic heterocycles. The molecule has 0 atom stereocenters. The van der Waals surface area contributed by atoms with Gasteiger partial charge in [0.15, 0.2) is 6.20 Å². The number of benzene rings is 2. The minimum Gasteiger partial charge on any atom is -0.545 e. The van der Waals surface area contributed by atoms with Crippen LogP contribution in [0, 0.1) is 0 Å².